The highest BCUT2D eigenvalue weighted by Gasteiger charge is 2.24. The van der Waals surface area contributed by atoms with Crippen LogP contribution in [0.2, 0.25) is 15.1 Å². The van der Waals surface area contributed by atoms with Crippen LogP contribution in [0.5, 0.6) is 0 Å². The molecule has 368 valence electrons. The molecule has 0 radical (unpaired) electrons. The first-order valence-electron chi connectivity index (χ1n) is 23.5. The monoisotopic (exact) mass is 1130 g/mol. The molecule has 8 aromatic rings. The third-order valence-corrected chi connectivity index (χ3v) is 14.2. The van der Waals surface area contributed by atoms with Gasteiger partial charge in [-0.2, -0.15) is 0 Å². The van der Waals surface area contributed by atoms with Crippen LogP contribution in [-0.2, 0) is 35.5 Å². The first kappa shape index (κ1) is 51.0. The van der Waals surface area contributed by atoms with Crippen LogP contribution in [-0.4, -0.2) is 83.4 Å². The van der Waals surface area contributed by atoms with E-state index in [1.54, 1.807) is 42.6 Å². The van der Waals surface area contributed by atoms with Crippen LogP contribution in [0.4, 0.5) is 0 Å². The average molecular weight is 1140 g/mol. The number of carbonyl (C=O) groups excluding carboxylic acids is 2. The summed E-state index contributed by atoms with van der Waals surface area (Å²) in [5.74, 6) is -1.16. The van der Waals surface area contributed by atoms with Crippen molar-refractivity contribution in [3.63, 3.8) is 0 Å². The van der Waals surface area contributed by atoms with Gasteiger partial charge in [0.25, 0.3) is 11.8 Å². The van der Waals surface area contributed by atoms with E-state index in [0.29, 0.717) is 83.0 Å². The van der Waals surface area contributed by atoms with Crippen molar-refractivity contribution in [1.82, 2.24) is 24.3 Å². The number of pyridine rings is 2. The highest BCUT2D eigenvalue weighted by atomic mass is 127. The highest BCUT2D eigenvalue weighted by molar-refractivity contribution is 14.1. The zero-order chi connectivity index (χ0) is 50.3. The molecule has 2 aliphatic heterocycles. The van der Waals surface area contributed by atoms with Crippen molar-refractivity contribution in [2.24, 2.45) is 5.73 Å². The third kappa shape index (κ3) is 12.1. The maximum absolute atomic E-state index is 13.7. The van der Waals surface area contributed by atoms with Gasteiger partial charge in [0.15, 0.2) is 0 Å². The van der Waals surface area contributed by atoms with E-state index in [4.69, 9.17) is 50.0 Å². The van der Waals surface area contributed by atoms with E-state index in [2.05, 4.69) is 43.8 Å². The van der Waals surface area contributed by atoms with Crippen molar-refractivity contribution in [2.75, 3.05) is 52.6 Å². The van der Waals surface area contributed by atoms with E-state index in [-0.39, 0.29) is 22.0 Å². The molecule has 10 rings (SSSR count). The van der Waals surface area contributed by atoms with Gasteiger partial charge in [0.05, 0.1) is 37.5 Å². The van der Waals surface area contributed by atoms with Crippen molar-refractivity contribution in [3.05, 3.63) is 218 Å². The van der Waals surface area contributed by atoms with Gasteiger partial charge in [-0.25, -0.2) is 0 Å². The zero-order valence-corrected chi connectivity index (χ0v) is 43.5. The second-order valence-electron chi connectivity index (χ2n) is 17.6. The number of nitrogens with two attached hydrogens (primary N) is 1. The SMILES string of the molecule is NC(=O)c1c(Cc2ccc(Cl)cc2)n(-c2ccc(Cl)cc2)c2ccc(CN3CCOCC3)cc2c1=O.O=C(NCc1ccc(Cl)cc1)c1cn(-c2cccc(I)c2)c2ccc(CN3CCOCC3)cc2c1=O. The first-order chi connectivity index (χ1) is 34.9. The summed E-state index contributed by atoms with van der Waals surface area (Å²) in [7, 11) is 0. The lowest BCUT2D eigenvalue weighted by Crippen LogP contribution is -2.35. The van der Waals surface area contributed by atoms with Crippen LogP contribution in [0, 0.1) is 3.57 Å². The number of nitrogens with one attached hydrogen (secondary N) is 1. The minimum atomic E-state index is -0.757. The van der Waals surface area contributed by atoms with E-state index >= 15 is 0 Å². The Balaban J connectivity index is 0.000000178. The number of primary amides is 1. The molecular weight excluding hydrogens is 1090 g/mol. The van der Waals surface area contributed by atoms with Crippen molar-refractivity contribution < 1.29 is 19.1 Å². The molecule has 0 atom stereocenters. The van der Waals surface area contributed by atoms with Gasteiger partial charge < -0.3 is 29.7 Å². The molecule has 4 heterocycles. The van der Waals surface area contributed by atoms with Gasteiger partial charge in [0.2, 0.25) is 10.9 Å². The maximum Gasteiger partial charge on any atom is 0.257 e. The van der Waals surface area contributed by atoms with Gasteiger partial charge in [-0.3, -0.25) is 29.0 Å². The summed E-state index contributed by atoms with van der Waals surface area (Å²) in [5.41, 5.74) is 12.7. The van der Waals surface area contributed by atoms with Crippen LogP contribution >= 0.6 is 57.4 Å². The summed E-state index contributed by atoms with van der Waals surface area (Å²) in [6.45, 7) is 7.92. The average Bonchev–Trinajstić information content (AvgIpc) is 3.38. The largest absolute Gasteiger partial charge is 0.379 e. The molecular formula is C56H50Cl3IN6O6. The summed E-state index contributed by atoms with van der Waals surface area (Å²) < 4.78 is 15.8. The Kier molecular flexibility index (Phi) is 16.5. The third-order valence-electron chi connectivity index (χ3n) is 12.7. The molecule has 0 saturated carbocycles. The summed E-state index contributed by atoms with van der Waals surface area (Å²) in [6, 6.07) is 41.6. The van der Waals surface area contributed by atoms with Crippen LogP contribution in [0.25, 0.3) is 33.2 Å². The quantitative estimate of drug-likeness (QED) is 0.115. The summed E-state index contributed by atoms with van der Waals surface area (Å²) in [6.07, 6.45) is 1.97. The fourth-order valence-electron chi connectivity index (χ4n) is 9.08. The Morgan fingerprint density at radius 3 is 1.67 bits per heavy atom. The van der Waals surface area contributed by atoms with Crippen LogP contribution in [0.1, 0.15) is 48.7 Å². The van der Waals surface area contributed by atoms with E-state index in [1.807, 2.05) is 100 Å². The lowest BCUT2D eigenvalue weighted by molar-refractivity contribution is 0.0341. The molecule has 0 unspecified atom stereocenters. The van der Waals surface area contributed by atoms with Crippen molar-refractivity contribution in [3.8, 4) is 11.4 Å². The number of nitrogens with zero attached hydrogens (tertiary/aromatic N) is 4. The number of ether oxygens (including phenoxy) is 2. The molecule has 0 spiro atoms. The number of rotatable bonds is 12. The molecule has 12 nitrogen and oxygen atoms in total. The Morgan fingerprint density at radius 2 is 1.11 bits per heavy atom. The minimum absolute atomic E-state index is 0.0177. The Labute approximate surface area is 444 Å². The van der Waals surface area contributed by atoms with Crippen molar-refractivity contribution in [2.45, 2.75) is 26.1 Å². The number of benzene rings is 6. The minimum Gasteiger partial charge on any atom is -0.379 e. The normalized spacial score (nSPS) is 14.2. The molecule has 6 aromatic carbocycles. The zero-order valence-electron chi connectivity index (χ0n) is 39.1. The summed E-state index contributed by atoms with van der Waals surface area (Å²) in [5, 5.41) is 5.69. The van der Waals surface area contributed by atoms with Gasteiger partial charge in [-0.1, -0.05) is 77.3 Å². The number of carbonyl (C=O) groups is 2. The van der Waals surface area contributed by atoms with E-state index < -0.39 is 11.8 Å². The summed E-state index contributed by atoms with van der Waals surface area (Å²) in [4.78, 5) is 57.9. The molecule has 2 amide bonds. The molecule has 2 fully saturated rings. The van der Waals surface area contributed by atoms with Gasteiger partial charge >= 0.3 is 0 Å². The number of morpholine rings is 2. The lowest BCUT2D eigenvalue weighted by atomic mass is 9.99. The molecule has 0 bridgehead atoms. The maximum atomic E-state index is 13.7. The number of fused-ring (bicyclic) bond motifs is 2. The fraction of sp³-hybridized carbons (Fsp3) is 0.214. The van der Waals surface area contributed by atoms with Crippen LogP contribution in [0.15, 0.2) is 149 Å². The summed E-state index contributed by atoms with van der Waals surface area (Å²) >= 11 is 20.5. The van der Waals surface area contributed by atoms with Gasteiger partial charge in [-0.05, 0) is 136 Å². The number of amides is 2. The van der Waals surface area contributed by atoms with Gasteiger partial charge in [-0.15, -0.1) is 0 Å². The van der Waals surface area contributed by atoms with Crippen LogP contribution in [0.3, 0.4) is 0 Å². The van der Waals surface area contributed by atoms with Gasteiger partial charge in [0.1, 0.15) is 11.1 Å². The predicted octanol–water partition coefficient (Wildman–Crippen LogP) is 9.83. The molecule has 16 heteroatoms. The highest BCUT2D eigenvalue weighted by Crippen LogP contribution is 2.28. The number of aromatic nitrogens is 2. The predicted molar refractivity (Wildman–Crippen MR) is 294 cm³/mol. The standard InChI is InChI=1S/C28H25Cl2N3O3.C28H25ClIN3O3/c29-20-4-1-18(2-5-20)16-25-26(28(31)35)27(34)23-15-19(17-32-11-13-36-14-12-32)3-10-24(23)33(25)22-8-6-21(30)7-9-22;29-21-7-4-19(5-8-21)16-31-28(35)25-18-33(23-3-1-2-22(30)15-23)26-9-6-20(14-24(26)27(25)34)17-32-10-12-36-13-11-32/h1-10,15H,11-14,16-17H2,(H2,31,35);1-9,14-15,18H,10-13,16-17H2,(H,31,35). The molecule has 72 heavy (non-hydrogen) atoms. The molecule has 2 saturated heterocycles. The van der Waals surface area contributed by atoms with E-state index in [9.17, 15) is 19.2 Å². The second kappa shape index (κ2) is 23.3. The Bertz CT molecular complexity index is 3390. The fourth-order valence-corrected chi connectivity index (χ4v) is 9.98. The van der Waals surface area contributed by atoms with Crippen molar-refractivity contribution >= 4 is 91.0 Å². The molecule has 2 aliphatic rings. The molecule has 2 aromatic heterocycles. The topological polar surface area (TPSA) is 141 Å². The van der Waals surface area contributed by atoms with Gasteiger partial charge in [0, 0.05) is 105 Å². The number of hydrogen-bond donors (Lipinski definition) is 2. The second-order valence-corrected chi connectivity index (χ2v) is 20.2. The van der Waals surface area contributed by atoms with E-state index in [1.165, 1.54) is 0 Å². The number of halogens is 4. The van der Waals surface area contributed by atoms with Crippen molar-refractivity contribution in [1.29, 1.82) is 0 Å². The smallest absolute Gasteiger partial charge is 0.257 e. The Hall–Kier alpha value is -5.88. The molecule has 0 aliphatic carbocycles. The van der Waals surface area contributed by atoms with Crippen LogP contribution < -0.4 is 21.9 Å². The molecule has 3 N–H and O–H groups in total. The Morgan fingerprint density at radius 1 is 0.597 bits per heavy atom. The lowest BCUT2D eigenvalue weighted by Gasteiger charge is -2.27. The van der Waals surface area contributed by atoms with E-state index in [0.717, 1.165) is 75.4 Å². The first-order valence-corrected chi connectivity index (χ1v) is 25.7. The number of hydrogen-bond acceptors (Lipinski definition) is 8.